The third-order valence-corrected chi connectivity index (χ3v) is 5.09. The molecule has 3 rings (SSSR count). The van der Waals surface area contributed by atoms with E-state index in [4.69, 9.17) is 4.98 Å². The van der Waals surface area contributed by atoms with Crippen molar-refractivity contribution in [1.82, 2.24) is 25.2 Å². The molecule has 27 heavy (non-hydrogen) atoms. The number of imidazole rings is 1. The van der Waals surface area contributed by atoms with Gasteiger partial charge in [-0.05, 0) is 32.4 Å². The average Bonchev–Trinajstić information content (AvgIpc) is 3.00. The van der Waals surface area contributed by atoms with Gasteiger partial charge in [-0.2, -0.15) is 5.10 Å². The highest BCUT2D eigenvalue weighted by atomic mass is 32.2. The molecule has 3 aromatic rings. The van der Waals surface area contributed by atoms with Crippen molar-refractivity contribution in [1.29, 1.82) is 0 Å². The Morgan fingerprint density at radius 2 is 1.89 bits per heavy atom. The van der Waals surface area contributed by atoms with E-state index in [9.17, 15) is 9.59 Å². The number of rotatable bonds is 4. The zero-order valence-corrected chi connectivity index (χ0v) is 16.4. The molecule has 0 aliphatic heterocycles. The van der Waals surface area contributed by atoms with Crippen LogP contribution in [0.25, 0.3) is 16.8 Å². The summed E-state index contributed by atoms with van der Waals surface area (Å²) in [7, 11) is 1.46. The Bertz CT molecular complexity index is 1000. The first-order chi connectivity index (χ1) is 12.9. The molecule has 2 N–H and O–H groups in total. The third-order valence-electron chi connectivity index (χ3n) is 4.04. The second-order valence-electron chi connectivity index (χ2n) is 6.17. The van der Waals surface area contributed by atoms with Gasteiger partial charge in [0.1, 0.15) is 0 Å². The second kappa shape index (κ2) is 7.79. The Kier molecular flexibility index (Phi) is 5.46. The quantitative estimate of drug-likeness (QED) is 0.676. The zero-order chi connectivity index (χ0) is 19.6. The molecule has 7 nitrogen and oxygen atoms in total. The number of hydrogen-bond acceptors (Lipinski definition) is 5. The fraction of sp³-hybridized carbons (Fsp3) is 0.263. The van der Waals surface area contributed by atoms with E-state index >= 15 is 0 Å². The lowest BCUT2D eigenvalue weighted by Gasteiger charge is -2.10. The van der Waals surface area contributed by atoms with Crippen molar-refractivity contribution >= 4 is 29.2 Å². The maximum Gasteiger partial charge on any atom is 0.321 e. The highest BCUT2D eigenvalue weighted by Crippen LogP contribution is 2.32. The van der Waals surface area contributed by atoms with Crippen LogP contribution in [0.3, 0.4) is 0 Å². The number of imide groups is 1. The molecule has 0 aliphatic carbocycles. The number of aromatic nitrogens is 3. The van der Waals surface area contributed by atoms with Crippen LogP contribution in [0.15, 0.2) is 41.6 Å². The van der Waals surface area contributed by atoms with Gasteiger partial charge in [0.2, 0.25) is 5.91 Å². The van der Waals surface area contributed by atoms with Crippen LogP contribution in [0.4, 0.5) is 4.79 Å². The van der Waals surface area contributed by atoms with Crippen LogP contribution in [-0.4, -0.2) is 38.8 Å². The molecule has 0 saturated heterocycles. The maximum atomic E-state index is 12.2. The van der Waals surface area contributed by atoms with Gasteiger partial charge in [0.15, 0.2) is 5.16 Å². The standard InChI is InChI=1S/C19H21N5O2S/c1-11-10-12(2)23-24-16(11)15(14-8-6-5-7-9-14)21-19(24)27-13(3)17(25)22-18(26)20-4/h5-10,13H,1-4H3,(H2,20,22,25,26)/t13-/m0/s1. The molecule has 0 bridgehead atoms. The Balaban J connectivity index is 2.03. The molecule has 1 aromatic carbocycles. The molecule has 0 aliphatic rings. The van der Waals surface area contributed by atoms with Crippen LogP contribution >= 0.6 is 11.8 Å². The van der Waals surface area contributed by atoms with E-state index in [1.807, 2.05) is 50.2 Å². The SMILES string of the molecule is CNC(=O)NC(=O)[C@H](C)Sc1nc(-c2ccccc2)c2c(C)cc(C)nn12. The van der Waals surface area contributed by atoms with E-state index in [-0.39, 0.29) is 5.91 Å². The molecule has 140 valence electrons. The fourth-order valence-corrected chi connectivity index (χ4v) is 3.63. The van der Waals surface area contributed by atoms with Gasteiger partial charge in [-0.1, -0.05) is 42.1 Å². The summed E-state index contributed by atoms with van der Waals surface area (Å²) in [6, 6.07) is 11.4. The summed E-state index contributed by atoms with van der Waals surface area (Å²) in [6.45, 7) is 5.67. The number of thioether (sulfide) groups is 1. The molecular formula is C19H21N5O2S. The van der Waals surface area contributed by atoms with Crippen molar-refractivity contribution in [3.05, 3.63) is 47.7 Å². The molecule has 1 atom stereocenters. The second-order valence-corrected chi connectivity index (χ2v) is 7.47. The van der Waals surface area contributed by atoms with Gasteiger partial charge in [-0.15, -0.1) is 0 Å². The summed E-state index contributed by atoms with van der Waals surface area (Å²) in [6.07, 6.45) is 0. The van der Waals surface area contributed by atoms with E-state index in [2.05, 4.69) is 15.7 Å². The number of aryl methyl sites for hydroxylation is 2. The van der Waals surface area contributed by atoms with Crippen molar-refractivity contribution in [2.45, 2.75) is 31.2 Å². The number of nitrogens with zero attached hydrogens (tertiary/aromatic N) is 3. The number of nitrogens with one attached hydrogen (secondary N) is 2. The summed E-state index contributed by atoms with van der Waals surface area (Å²) in [5.74, 6) is -0.387. The predicted molar refractivity (Wildman–Crippen MR) is 106 cm³/mol. The minimum Gasteiger partial charge on any atom is -0.341 e. The number of amides is 3. The minimum atomic E-state index is -0.532. The number of fused-ring (bicyclic) bond motifs is 1. The lowest BCUT2D eigenvalue weighted by Crippen LogP contribution is -2.41. The van der Waals surface area contributed by atoms with Crippen molar-refractivity contribution in [3.63, 3.8) is 0 Å². The summed E-state index contributed by atoms with van der Waals surface area (Å²) in [5, 5.41) is 9.35. The van der Waals surface area contributed by atoms with Gasteiger partial charge in [0.25, 0.3) is 0 Å². The highest BCUT2D eigenvalue weighted by Gasteiger charge is 2.22. The van der Waals surface area contributed by atoms with Crippen molar-refractivity contribution in [2.24, 2.45) is 0 Å². The number of carbonyl (C=O) groups is 2. The molecule has 0 saturated carbocycles. The molecule has 2 heterocycles. The summed E-state index contributed by atoms with van der Waals surface area (Å²) >= 11 is 1.26. The van der Waals surface area contributed by atoms with Gasteiger partial charge >= 0.3 is 6.03 Å². The summed E-state index contributed by atoms with van der Waals surface area (Å²) < 4.78 is 1.78. The van der Waals surface area contributed by atoms with Crippen molar-refractivity contribution in [2.75, 3.05) is 7.05 Å². The highest BCUT2D eigenvalue weighted by molar-refractivity contribution is 8.00. The Morgan fingerprint density at radius 1 is 1.19 bits per heavy atom. The van der Waals surface area contributed by atoms with Crippen LogP contribution in [0.5, 0.6) is 0 Å². The minimum absolute atomic E-state index is 0.387. The summed E-state index contributed by atoms with van der Waals surface area (Å²) in [4.78, 5) is 28.4. The van der Waals surface area contributed by atoms with Gasteiger partial charge in [0, 0.05) is 12.6 Å². The average molecular weight is 383 g/mol. The van der Waals surface area contributed by atoms with Crippen LogP contribution in [-0.2, 0) is 4.79 Å². The number of benzene rings is 1. The zero-order valence-electron chi connectivity index (χ0n) is 15.6. The molecule has 8 heteroatoms. The topological polar surface area (TPSA) is 88.4 Å². The first-order valence-electron chi connectivity index (χ1n) is 8.52. The number of urea groups is 1. The van der Waals surface area contributed by atoms with Crippen LogP contribution in [0, 0.1) is 13.8 Å². The van der Waals surface area contributed by atoms with E-state index in [0.717, 1.165) is 28.0 Å². The maximum absolute atomic E-state index is 12.2. The Morgan fingerprint density at radius 3 is 2.56 bits per heavy atom. The van der Waals surface area contributed by atoms with Crippen LogP contribution in [0.2, 0.25) is 0 Å². The smallest absolute Gasteiger partial charge is 0.321 e. The first kappa shape index (κ1) is 18.9. The van der Waals surface area contributed by atoms with E-state index in [1.165, 1.54) is 18.8 Å². The van der Waals surface area contributed by atoms with Gasteiger partial charge in [0.05, 0.1) is 22.2 Å². The summed E-state index contributed by atoms with van der Waals surface area (Å²) in [5.41, 5.74) is 4.64. The van der Waals surface area contributed by atoms with Crippen molar-refractivity contribution < 1.29 is 9.59 Å². The normalized spacial score (nSPS) is 12.0. The van der Waals surface area contributed by atoms with E-state index in [1.54, 1.807) is 11.4 Å². The van der Waals surface area contributed by atoms with Crippen molar-refractivity contribution in [3.8, 4) is 11.3 Å². The fourth-order valence-electron chi connectivity index (χ4n) is 2.77. The molecular weight excluding hydrogens is 362 g/mol. The Hall–Kier alpha value is -2.87. The number of hydrogen-bond donors (Lipinski definition) is 2. The van der Waals surface area contributed by atoms with Gasteiger partial charge in [-0.25, -0.2) is 14.3 Å². The molecule has 0 radical (unpaired) electrons. The molecule has 2 aromatic heterocycles. The lowest BCUT2D eigenvalue weighted by molar-refractivity contribution is -0.119. The van der Waals surface area contributed by atoms with Gasteiger partial charge < -0.3 is 5.32 Å². The molecule has 3 amide bonds. The Labute approximate surface area is 161 Å². The van der Waals surface area contributed by atoms with Gasteiger partial charge in [-0.3, -0.25) is 10.1 Å². The van der Waals surface area contributed by atoms with Crippen LogP contribution in [0.1, 0.15) is 18.2 Å². The number of carbonyl (C=O) groups excluding carboxylic acids is 2. The van der Waals surface area contributed by atoms with E-state index in [0.29, 0.717) is 5.16 Å². The first-order valence-corrected chi connectivity index (χ1v) is 9.40. The predicted octanol–water partition coefficient (Wildman–Crippen LogP) is 2.95. The molecule has 0 unspecified atom stereocenters. The van der Waals surface area contributed by atoms with Crippen LogP contribution < -0.4 is 10.6 Å². The molecule has 0 fully saturated rings. The third kappa shape index (κ3) is 3.95. The molecule has 0 spiro atoms. The lowest BCUT2D eigenvalue weighted by atomic mass is 10.1. The monoisotopic (exact) mass is 383 g/mol. The van der Waals surface area contributed by atoms with E-state index < -0.39 is 11.3 Å². The largest absolute Gasteiger partial charge is 0.341 e.